The molecule has 3 rings (SSSR count). The third-order valence-corrected chi connectivity index (χ3v) is 3.52. The van der Waals surface area contributed by atoms with Crippen LogP contribution in [0.1, 0.15) is 11.3 Å². The molecule has 0 unspecified atom stereocenters. The zero-order valence-electron chi connectivity index (χ0n) is 9.00. The van der Waals surface area contributed by atoms with Crippen LogP contribution in [0, 0.1) is 0 Å². The van der Waals surface area contributed by atoms with Crippen molar-refractivity contribution in [3.8, 4) is 0 Å². The Morgan fingerprint density at radius 3 is 3.00 bits per heavy atom. The smallest absolute Gasteiger partial charge is 0.0727 e. The van der Waals surface area contributed by atoms with Gasteiger partial charge in [0, 0.05) is 34.2 Å². The predicted molar refractivity (Wildman–Crippen MR) is 69.0 cm³/mol. The van der Waals surface area contributed by atoms with Gasteiger partial charge in [0.25, 0.3) is 0 Å². The van der Waals surface area contributed by atoms with E-state index in [1.54, 1.807) is 0 Å². The zero-order valence-corrected chi connectivity index (χ0v) is 10.6. The van der Waals surface area contributed by atoms with E-state index < -0.39 is 0 Å². The molecule has 0 radical (unpaired) electrons. The third kappa shape index (κ3) is 1.41. The van der Waals surface area contributed by atoms with Crippen LogP contribution in [0.2, 0.25) is 0 Å². The van der Waals surface area contributed by atoms with Gasteiger partial charge in [0.05, 0.1) is 11.2 Å². The van der Waals surface area contributed by atoms with Crippen molar-refractivity contribution in [1.29, 1.82) is 0 Å². The van der Waals surface area contributed by atoms with Crippen molar-refractivity contribution < 1.29 is 0 Å². The highest BCUT2D eigenvalue weighted by Gasteiger charge is 2.21. The van der Waals surface area contributed by atoms with Gasteiger partial charge in [-0.05, 0) is 25.2 Å². The first-order chi connectivity index (χ1) is 7.65. The minimum absolute atomic E-state index is 0.880. The number of fused-ring (bicyclic) bond motifs is 2. The van der Waals surface area contributed by atoms with Gasteiger partial charge in [0.2, 0.25) is 0 Å². The van der Waals surface area contributed by atoms with Crippen LogP contribution in [0.3, 0.4) is 0 Å². The number of aromatic nitrogens is 1. The number of hydrogen-bond acceptors (Lipinski definition) is 3. The van der Waals surface area contributed by atoms with Gasteiger partial charge in [-0.25, -0.2) is 0 Å². The molecule has 1 aliphatic rings. The normalized spacial score (nSPS) is 15.6. The lowest BCUT2D eigenvalue weighted by molar-refractivity contribution is 0.351. The molecular weight excluding hydrogens is 266 g/mol. The Kier molecular flexibility index (Phi) is 2.16. The number of benzene rings is 1. The molecule has 4 heteroatoms. The summed E-state index contributed by atoms with van der Waals surface area (Å²) in [5.41, 5.74) is 10.4. The SMILES string of the molecule is CN1Cc2nc3ccc(Br)cc3c(N)c2C1. The van der Waals surface area contributed by atoms with E-state index >= 15 is 0 Å². The van der Waals surface area contributed by atoms with Crippen molar-refractivity contribution >= 4 is 32.5 Å². The molecule has 0 saturated heterocycles. The fourth-order valence-corrected chi connectivity index (χ4v) is 2.60. The van der Waals surface area contributed by atoms with Crippen molar-refractivity contribution in [3.05, 3.63) is 33.9 Å². The van der Waals surface area contributed by atoms with E-state index in [2.05, 4.69) is 32.9 Å². The zero-order chi connectivity index (χ0) is 11.3. The number of anilines is 1. The highest BCUT2D eigenvalue weighted by molar-refractivity contribution is 9.10. The second-order valence-electron chi connectivity index (χ2n) is 4.28. The van der Waals surface area contributed by atoms with Gasteiger partial charge in [-0.1, -0.05) is 15.9 Å². The molecule has 0 saturated carbocycles. The fourth-order valence-electron chi connectivity index (χ4n) is 2.24. The molecule has 0 aliphatic carbocycles. The molecule has 0 bridgehead atoms. The van der Waals surface area contributed by atoms with Crippen LogP contribution in [0.4, 0.5) is 5.69 Å². The summed E-state index contributed by atoms with van der Waals surface area (Å²) in [6, 6.07) is 6.05. The van der Waals surface area contributed by atoms with E-state index in [0.717, 1.165) is 39.8 Å². The summed E-state index contributed by atoms with van der Waals surface area (Å²) < 4.78 is 1.04. The Bertz CT molecular complexity index is 580. The second kappa shape index (κ2) is 3.43. The number of rotatable bonds is 0. The monoisotopic (exact) mass is 277 g/mol. The number of hydrogen-bond donors (Lipinski definition) is 1. The molecule has 2 heterocycles. The van der Waals surface area contributed by atoms with Crippen LogP contribution in [-0.2, 0) is 13.1 Å². The summed E-state index contributed by atoms with van der Waals surface area (Å²) in [7, 11) is 2.09. The van der Waals surface area contributed by atoms with Crippen LogP contribution < -0.4 is 5.73 Å². The molecule has 2 aromatic rings. The number of nitrogens with zero attached hydrogens (tertiary/aromatic N) is 2. The van der Waals surface area contributed by atoms with Crippen LogP contribution in [0.15, 0.2) is 22.7 Å². The Morgan fingerprint density at radius 2 is 2.19 bits per heavy atom. The number of pyridine rings is 1. The standard InChI is InChI=1S/C12H12BrN3/c1-16-5-9-11(6-16)15-10-3-2-7(13)4-8(10)12(9)14/h2-4H,5-6H2,1H3,(H2,14,15). The molecule has 16 heavy (non-hydrogen) atoms. The first-order valence-corrected chi connectivity index (χ1v) is 5.99. The molecule has 0 amide bonds. The van der Waals surface area contributed by atoms with Gasteiger partial charge >= 0.3 is 0 Å². The molecule has 3 nitrogen and oxygen atoms in total. The highest BCUT2D eigenvalue weighted by atomic mass is 79.9. The van der Waals surface area contributed by atoms with Crippen molar-refractivity contribution in [2.45, 2.75) is 13.1 Å². The van der Waals surface area contributed by atoms with E-state index in [1.807, 2.05) is 18.2 Å². The number of nitrogens with two attached hydrogens (primary N) is 1. The number of halogens is 1. The quantitative estimate of drug-likeness (QED) is 0.805. The molecule has 0 spiro atoms. The minimum Gasteiger partial charge on any atom is -0.398 e. The lowest BCUT2D eigenvalue weighted by Crippen LogP contribution is -2.08. The lowest BCUT2D eigenvalue weighted by Gasteiger charge is -2.07. The maximum atomic E-state index is 6.21. The Morgan fingerprint density at radius 1 is 1.38 bits per heavy atom. The lowest BCUT2D eigenvalue weighted by atomic mass is 10.1. The summed E-state index contributed by atoms with van der Waals surface area (Å²) >= 11 is 3.47. The Hall–Kier alpha value is -1.13. The van der Waals surface area contributed by atoms with Crippen LogP contribution >= 0.6 is 15.9 Å². The molecular formula is C12H12BrN3. The minimum atomic E-state index is 0.880. The molecule has 82 valence electrons. The summed E-state index contributed by atoms with van der Waals surface area (Å²) in [6.45, 7) is 1.79. The van der Waals surface area contributed by atoms with E-state index in [9.17, 15) is 0 Å². The van der Waals surface area contributed by atoms with Gasteiger partial charge in [-0.15, -0.1) is 0 Å². The highest BCUT2D eigenvalue weighted by Crippen LogP contribution is 2.32. The summed E-state index contributed by atoms with van der Waals surface area (Å²) in [6.07, 6.45) is 0. The summed E-state index contributed by atoms with van der Waals surface area (Å²) in [5, 5.41) is 1.04. The van der Waals surface area contributed by atoms with Gasteiger partial charge in [0.1, 0.15) is 0 Å². The van der Waals surface area contributed by atoms with Crippen LogP contribution in [0.25, 0.3) is 10.9 Å². The molecule has 0 fully saturated rings. The van der Waals surface area contributed by atoms with Crippen LogP contribution in [-0.4, -0.2) is 16.9 Å². The summed E-state index contributed by atoms with van der Waals surface area (Å²) in [5.74, 6) is 0. The summed E-state index contributed by atoms with van der Waals surface area (Å²) in [4.78, 5) is 6.89. The molecule has 2 N–H and O–H groups in total. The molecule has 0 atom stereocenters. The second-order valence-corrected chi connectivity index (χ2v) is 5.20. The average Bonchev–Trinajstić information content (AvgIpc) is 2.61. The molecule has 1 aromatic carbocycles. The van der Waals surface area contributed by atoms with E-state index in [-0.39, 0.29) is 0 Å². The van der Waals surface area contributed by atoms with Crippen molar-refractivity contribution in [1.82, 2.24) is 9.88 Å². The molecule has 1 aromatic heterocycles. The van der Waals surface area contributed by atoms with Gasteiger partial charge in [0.15, 0.2) is 0 Å². The topological polar surface area (TPSA) is 42.2 Å². The van der Waals surface area contributed by atoms with Gasteiger partial charge in [-0.3, -0.25) is 9.88 Å². The fraction of sp³-hybridized carbons (Fsp3) is 0.250. The molecule has 1 aliphatic heterocycles. The predicted octanol–water partition coefficient (Wildman–Crippen LogP) is 2.52. The first kappa shape index (κ1) is 10.1. The third-order valence-electron chi connectivity index (χ3n) is 3.03. The van der Waals surface area contributed by atoms with E-state index in [1.165, 1.54) is 5.56 Å². The van der Waals surface area contributed by atoms with Gasteiger partial charge < -0.3 is 5.73 Å². The van der Waals surface area contributed by atoms with Crippen molar-refractivity contribution in [2.75, 3.05) is 12.8 Å². The first-order valence-electron chi connectivity index (χ1n) is 5.20. The van der Waals surface area contributed by atoms with E-state index in [4.69, 9.17) is 5.73 Å². The number of nitrogen functional groups attached to an aromatic ring is 1. The van der Waals surface area contributed by atoms with Crippen molar-refractivity contribution in [2.24, 2.45) is 0 Å². The van der Waals surface area contributed by atoms with Crippen molar-refractivity contribution in [3.63, 3.8) is 0 Å². The average molecular weight is 278 g/mol. The maximum absolute atomic E-state index is 6.21. The Balaban J connectivity index is 2.34. The van der Waals surface area contributed by atoms with E-state index in [0.29, 0.717) is 0 Å². The Labute approximate surface area is 102 Å². The van der Waals surface area contributed by atoms with Crippen LogP contribution in [0.5, 0.6) is 0 Å². The maximum Gasteiger partial charge on any atom is 0.0727 e. The van der Waals surface area contributed by atoms with Gasteiger partial charge in [-0.2, -0.15) is 0 Å². The largest absolute Gasteiger partial charge is 0.398 e.